The molecule has 0 fully saturated rings. The summed E-state index contributed by atoms with van der Waals surface area (Å²) >= 11 is 0. The van der Waals surface area contributed by atoms with Crippen LogP contribution < -0.4 is 5.32 Å². The molecule has 0 aliphatic heterocycles. The molecule has 0 aromatic heterocycles. The molecule has 6 nitrogen and oxygen atoms in total. The van der Waals surface area contributed by atoms with E-state index in [2.05, 4.69) is 51.8 Å². The monoisotopic (exact) mass is 439 g/mol. The Morgan fingerprint density at radius 1 is 0.871 bits per heavy atom. The van der Waals surface area contributed by atoms with Crippen LogP contribution in [0.25, 0.3) is 0 Å². The van der Waals surface area contributed by atoms with Crippen LogP contribution in [0.1, 0.15) is 82.1 Å². The van der Waals surface area contributed by atoms with Crippen LogP contribution in [0.4, 0.5) is 0 Å². The summed E-state index contributed by atoms with van der Waals surface area (Å²) in [7, 11) is 3.66. The summed E-state index contributed by atoms with van der Waals surface area (Å²) in [5.74, 6) is -0.0564. The number of rotatable bonds is 13. The van der Waals surface area contributed by atoms with Gasteiger partial charge in [0, 0.05) is 19.0 Å². The largest absolute Gasteiger partial charge is 0.343 e. The number of amides is 2. The molecule has 0 rings (SSSR count). The Labute approximate surface area is 191 Å². The molecule has 6 heteroatoms. The second-order valence-corrected chi connectivity index (χ2v) is 10.5. The summed E-state index contributed by atoms with van der Waals surface area (Å²) < 4.78 is 0. The number of hydrogen-bond donors (Lipinski definition) is 1. The van der Waals surface area contributed by atoms with E-state index in [0.717, 1.165) is 6.42 Å². The van der Waals surface area contributed by atoms with Crippen molar-refractivity contribution in [3.8, 4) is 0 Å². The predicted molar refractivity (Wildman–Crippen MR) is 129 cm³/mol. The fourth-order valence-electron chi connectivity index (χ4n) is 3.81. The third-order valence-corrected chi connectivity index (χ3v) is 6.34. The van der Waals surface area contributed by atoms with Crippen molar-refractivity contribution in [1.82, 2.24) is 15.1 Å². The number of Topliss-reactive ketones (excluding diaryl/α,β-unsaturated/α-hetero) is 1. The second kappa shape index (κ2) is 13.2. The van der Waals surface area contributed by atoms with Crippen LogP contribution in [-0.2, 0) is 14.4 Å². The predicted octanol–water partition coefficient (Wildman–Crippen LogP) is 3.98. The second-order valence-electron chi connectivity index (χ2n) is 10.5. The van der Waals surface area contributed by atoms with Gasteiger partial charge in [0.1, 0.15) is 6.04 Å². The number of carbonyl (C=O) groups excluding carboxylic acids is 3. The maximum atomic E-state index is 13.5. The van der Waals surface area contributed by atoms with Crippen molar-refractivity contribution < 1.29 is 14.4 Å². The summed E-state index contributed by atoms with van der Waals surface area (Å²) in [5.41, 5.74) is 0. The minimum absolute atomic E-state index is 0.0652. The zero-order valence-electron chi connectivity index (χ0n) is 22.2. The van der Waals surface area contributed by atoms with Crippen LogP contribution in [0.15, 0.2) is 0 Å². The molecular weight excluding hydrogens is 390 g/mol. The Balaban J connectivity index is 5.81. The van der Waals surface area contributed by atoms with Gasteiger partial charge in [-0.1, -0.05) is 61.8 Å². The van der Waals surface area contributed by atoms with Crippen LogP contribution >= 0.6 is 0 Å². The summed E-state index contributed by atoms with van der Waals surface area (Å²) in [4.78, 5) is 43.3. The van der Waals surface area contributed by atoms with Crippen LogP contribution in [0.3, 0.4) is 0 Å². The summed E-state index contributed by atoms with van der Waals surface area (Å²) in [6, 6.07) is -1.25. The van der Waals surface area contributed by atoms with Gasteiger partial charge in [0.2, 0.25) is 11.8 Å². The Morgan fingerprint density at radius 2 is 1.39 bits per heavy atom. The minimum Gasteiger partial charge on any atom is -0.343 e. The first-order valence-electron chi connectivity index (χ1n) is 12.0. The minimum atomic E-state index is -0.667. The average Bonchev–Trinajstić information content (AvgIpc) is 2.67. The van der Waals surface area contributed by atoms with Crippen molar-refractivity contribution in [3.05, 3.63) is 0 Å². The molecule has 0 aromatic carbocycles. The van der Waals surface area contributed by atoms with Crippen LogP contribution in [-0.4, -0.2) is 65.7 Å². The number of nitrogens with one attached hydrogen (secondary N) is 1. The molecule has 31 heavy (non-hydrogen) atoms. The van der Waals surface area contributed by atoms with E-state index < -0.39 is 12.1 Å². The Kier molecular flexibility index (Phi) is 12.6. The lowest BCUT2D eigenvalue weighted by molar-refractivity contribution is -0.144. The maximum Gasteiger partial charge on any atom is 0.245 e. The van der Waals surface area contributed by atoms with E-state index in [-0.39, 0.29) is 53.4 Å². The summed E-state index contributed by atoms with van der Waals surface area (Å²) in [6.07, 6.45) is 1.48. The molecule has 1 N–H and O–H groups in total. The molecule has 1 unspecified atom stereocenters. The van der Waals surface area contributed by atoms with Gasteiger partial charge in [0.05, 0.1) is 12.1 Å². The Morgan fingerprint density at radius 3 is 1.74 bits per heavy atom. The van der Waals surface area contributed by atoms with Crippen molar-refractivity contribution in [3.63, 3.8) is 0 Å². The van der Waals surface area contributed by atoms with Gasteiger partial charge in [-0.15, -0.1) is 0 Å². The van der Waals surface area contributed by atoms with E-state index in [1.807, 2.05) is 34.7 Å². The van der Waals surface area contributed by atoms with Crippen molar-refractivity contribution in [1.29, 1.82) is 0 Å². The number of ketones is 1. The summed E-state index contributed by atoms with van der Waals surface area (Å²) in [6.45, 7) is 20.0. The lowest BCUT2D eigenvalue weighted by Crippen LogP contribution is -2.59. The van der Waals surface area contributed by atoms with Crippen LogP contribution in [0.2, 0.25) is 0 Å². The normalized spacial score (nSPS) is 16.0. The first-order chi connectivity index (χ1) is 14.2. The first-order valence-corrected chi connectivity index (χ1v) is 12.0. The van der Waals surface area contributed by atoms with Crippen LogP contribution in [0, 0.1) is 23.7 Å². The lowest BCUT2D eigenvalue weighted by Gasteiger charge is -2.37. The van der Waals surface area contributed by atoms with Gasteiger partial charge in [0.15, 0.2) is 5.78 Å². The van der Waals surface area contributed by atoms with Gasteiger partial charge in [-0.2, -0.15) is 0 Å². The zero-order valence-corrected chi connectivity index (χ0v) is 22.2. The lowest BCUT2D eigenvalue weighted by atomic mass is 9.91. The smallest absolute Gasteiger partial charge is 0.245 e. The van der Waals surface area contributed by atoms with Crippen molar-refractivity contribution in [2.75, 3.05) is 14.1 Å². The van der Waals surface area contributed by atoms with Gasteiger partial charge in [-0.25, -0.2) is 0 Å². The molecule has 0 spiro atoms. The fraction of sp³-hybridized carbons (Fsp3) is 0.880. The number of nitrogens with zero attached hydrogens (tertiary/aromatic N) is 2. The summed E-state index contributed by atoms with van der Waals surface area (Å²) in [5, 5.41) is 3.04. The number of carbonyl (C=O) groups is 3. The van der Waals surface area contributed by atoms with Gasteiger partial charge in [0.25, 0.3) is 0 Å². The SMILES string of the molecule is CC[C@H](C)C(C(=O)N[C@H](C(=O)N(C)[C@@H](CC(C)C)C(=O)C(C)C)C(C)C)N(C)C(C)C. The Hall–Kier alpha value is -1.43. The quantitative estimate of drug-likeness (QED) is 0.471. The van der Waals surface area contributed by atoms with Crippen LogP contribution in [0.5, 0.6) is 0 Å². The van der Waals surface area contributed by atoms with E-state index >= 15 is 0 Å². The molecule has 2 amide bonds. The van der Waals surface area contributed by atoms with Crippen molar-refractivity contribution in [2.45, 2.75) is 106 Å². The van der Waals surface area contributed by atoms with Gasteiger partial charge >= 0.3 is 0 Å². The third-order valence-electron chi connectivity index (χ3n) is 6.34. The molecule has 0 radical (unpaired) electrons. The zero-order chi connectivity index (χ0) is 24.6. The highest BCUT2D eigenvalue weighted by Crippen LogP contribution is 2.20. The average molecular weight is 440 g/mol. The molecule has 0 aliphatic carbocycles. The highest BCUT2D eigenvalue weighted by molar-refractivity contribution is 5.94. The Bertz CT molecular complexity index is 587. The molecule has 0 saturated carbocycles. The topological polar surface area (TPSA) is 69.7 Å². The van der Waals surface area contributed by atoms with Crippen molar-refractivity contribution in [2.24, 2.45) is 23.7 Å². The highest BCUT2D eigenvalue weighted by Gasteiger charge is 2.37. The fourth-order valence-corrected chi connectivity index (χ4v) is 3.81. The molecule has 0 aliphatic rings. The van der Waals surface area contributed by atoms with E-state index in [1.165, 1.54) is 0 Å². The molecule has 0 saturated heterocycles. The molecular formula is C25H49N3O3. The van der Waals surface area contributed by atoms with E-state index in [9.17, 15) is 14.4 Å². The number of likely N-dealkylation sites (N-methyl/N-ethyl adjacent to an activating group) is 2. The molecule has 182 valence electrons. The number of hydrogen-bond acceptors (Lipinski definition) is 4. The maximum absolute atomic E-state index is 13.5. The molecule has 0 bridgehead atoms. The first kappa shape index (κ1) is 29.6. The van der Waals surface area contributed by atoms with Gasteiger partial charge in [-0.05, 0) is 45.1 Å². The molecule has 0 heterocycles. The van der Waals surface area contributed by atoms with Crippen molar-refractivity contribution >= 4 is 17.6 Å². The van der Waals surface area contributed by atoms with E-state index in [0.29, 0.717) is 6.42 Å². The van der Waals surface area contributed by atoms with E-state index in [4.69, 9.17) is 0 Å². The molecule has 0 aromatic rings. The van der Waals surface area contributed by atoms with Gasteiger partial charge < -0.3 is 10.2 Å². The van der Waals surface area contributed by atoms with Gasteiger partial charge in [-0.3, -0.25) is 19.3 Å². The standard InChI is InChI=1S/C25H49N3O3/c1-13-19(10)22(27(11)18(8)9)24(30)26-21(16(4)5)25(31)28(12)20(14-15(2)3)23(29)17(6)7/h15-22H,13-14H2,1-12H3,(H,26,30)/t19-,20-,21-,22?/m0/s1. The van der Waals surface area contributed by atoms with E-state index in [1.54, 1.807) is 11.9 Å². The highest BCUT2D eigenvalue weighted by atomic mass is 16.2. The molecule has 4 atom stereocenters. The third kappa shape index (κ3) is 8.55.